The average molecular weight is 437 g/mol. The second kappa shape index (κ2) is 8.88. The predicted octanol–water partition coefficient (Wildman–Crippen LogP) is 2.03. The number of sulfonamides is 1. The average Bonchev–Trinajstić information content (AvgIpc) is 2.71. The molecule has 2 aromatic rings. The van der Waals surface area contributed by atoms with Crippen molar-refractivity contribution in [3.05, 3.63) is 59.7 Å². The molecule has 0 unspecified atom stereocenters. The van der Waals surface area contributed by atoms with Crippen LogP contribution in [0, 0.1) is 17.6 Å². The monoisotopic (exact) mass is 437 g/mol. The number of nitrogens with zero attached hydrogens (tertiary/aromatic N) is 1. The molecule has 2 amide bonds. The zero-order valence-corrected chi connectivity index (χ0v) is 16.8. The van der Waals surface area contributed by atoms with Crippen molar-refractivity contribution in [1.29, 1.82) is 0 Å². The van der Waals surface area contributed by atoms with E-state index in [9.17, 15) is 26.8 Å². The van der Waals surface area contributed by atoms with Gasteiger partial charge in [0.25, 0.3) is 0 Å². The molecule has 3 rings (SSSR count). The fourth-order valence-corrected chi connectivity index (χ4v) is 4.78. The lowest BCUT2D eigenvalue weighted by atomic mass is 9.97. The second-order valence-corrected chi connectivity index (χ2v) is 9.02. The summed E-state index contributed by atoms with van der Waals surface area (Å²) in [6.45, 7) is 0.188. The molecular weight excluding hydrogens is 416 g/mol. The van der Waals surface area contributed by atoms with Crippen molar-refractivity contribution in [1.82, 2.24) is 4.31 Å². The molecule has 0 bridgehead atoms. The predicted molar refractivity (Wildman–Crippen MR) is 106 cm³/mol. The van der Waals surface area contributed by atoms with Crippen molar-refractivity contribution >= 4 is 27.5 Å². The minimum absolute atomic E-state index is 0.0942. The summed E-state index contributed by atoms with van der Waals surface area (Å²) in [4.78, 5) is 23.1. The Morgan fingerprint density at radius 1 is 1.03 bits per heavy atom. The maximum atomic E-state index is 13.4. The van der Waals surface area contributed by atoms with Crippen LogP contribution in [0.15, 0.2) is 47.4 Å². The maximum absolute atomic E-state index is 13.4. The third-order valence-electron chi connectivity index (χ3n) is 4.95. The smallest absolute Gasteiger partial charge is 0.243 e. The highest BCUT2D eigenvalue weighted by Gasteiger charge is 2.32. The van der Waals surface area contributed by atoms with Crippen LogP contribution in [0.4, 0.5) is 14.5 Å². The van der Waals surface area contributed by atoms with Gasteiger partial charge >= 0.3 is 0 Å². The van der Waals surface area contributed by atoms with Crippen LogP contribution in [0.3, 0.4) is 0 Å². The first kappa shape index (κ1) is 21.8. The Morgan fingerprint density at radius 2 is 1.67 bits per heavy atom. The van der Waals surface area contributed by atoms with Crippen LogP contribution in [-0.2, 0) is 26.0 Å². The van der Waals surface area contributed by atoms with E-state index in [1.807, 2.05) is 0 Å². The summed E-state index contributed by atoms with van der Waals surface area (Å²) in [6.07, 6.45) is 0.710. The fraction of sp³-hybridized carbons (Fsp3) is 0.300. The molecule has 0 radical (unpaired) electrons. The van der Waals surface area contributed by atoms with Gasteiger partial charge in [0, 0.05) is 24.7 Å². The van der Waals surface area contributed by atoms with E-state index in [1.54, 1.807) is 24.3 Å². The topological polar surface area (TPSA) is 110 Å². The number of rotatable bonds is 6. The number of anilines is 1. The number of halogens is 2. The van der Waals surface area contributed by atoms with Gasteiger partial charge in [-0.2, -0.15) is 4.31 Å². The molecule has 160 valence electrons. The zero-order chi connectivity index (χ0) is 21.9. The Balaban J connectivity index is 1.58. The van der Waals surface area contributed by atoms with Gasteiger partial charge in [-0.15, -0.1) is 0 Å². The van der Waals surface area contributed by atoms with E-state index in [4.69, 9.17) is 5.73 Å². The zero-order valence-electron chi connectivity index (χ0n) is 16.0. The SMILES string of the molecule is NC(=O)Cc1ccc(NC(=O)C2CCN(S(=O)(=O)c3ccc(F)c(F)c3)CC2)cc1. The Morgan fingerprint density at radius 3 is 2.23 bits per heavy atom. The molecule has 10 heteroatoms. The van der Waals surface area contributed by atoms with Crippen molar-refractivity contribution in [3.63, 3.8) is 0 Å². The van der Waals surface area contributed by atoms with E-state index in [1.165, 1.54) is 4.31 Å². The largest absolute Gasteiger partial charge is 0.369 e. The molecule has 0 aromatic heterocycles. The molecule has 1 fully saturated rings. The number of hydrogen-bond donors (Lipinski definition) is 2. The first-order valence-corrected chi connectivity index (χ1v) is 10.7. The van der Waals surface area contributed by atoms with Gasteiger partial charge in [-0.1, -0.05) is 12.1 Å². The van der Waals surface area contributed by atoms with E-state index in [0.717, 1.165) is 17.7 Å². The Kier molecular flexibility index (Phi) is 6.47. The van der Waals surface area contributed by atoms with Gasteiger partial charge in [0.1, 0.15) is 0 Å². The van der Waals surface area contributed by atoms with E-state index in [-0.39, 0.29) is 36.2 Å². The molecule has 0 aliphatic carbocycles. The second-order valence-electron chi connectivity index (χ2n) is 7.08. The fourth-order valence-electron chi connectivity index (χ4n) is 3.30. The summed E-state index contributed by atoms with van der Waals surface area (Å²) in [7, 11) is -3.97. The van der Waals surface area contributed by atoms with Crippen LogP contribution in [-0.4, -0.2) is 37.6 Å². The number of hydrogen-bond acceptors (Lipinski definition) is 4. The molecule has 3 N–H and O–H groups in total. The van der Waals surface area contributed by atoms with Crippen LogP contribution in [0.5, 0.6) is 0 Å². The van der Waals surface area contributed by atoms with Crippen molar-refractivity contribution in [3.8, 4) is 0 Å². The summed E-state index contributed by atoms with van der Waals surface area (Å²) >= 11 is 0. The minimum Gasteiger partial charge on any atom is -0.369 e. The third kappa shape index (κ3) is 5.00. The lowest BCUT2D eigenvalue weighted by molar-refractivity contribution is -0.121. The Hall–Kier alpha value is -2.85. The van der Waals surface area contributed by atoms with Gasteiger partial charge in [-0.3, -0.25) is 9.59 Å². The molecule has 1 heterocycles. The molecule has 2 aromatic carbocycles. The number of benzene rings is 2. The quantitative estimate of drug-likeness (QED) is 0.721. The van der Waals surface area contributed by atoms with Gasteiger partial charge < -0.3 is 11.1 Å². The van der Waals surface area contributed by atoms with Gasteiger partial charge in [-0.05, 0) is 48.7 Å². The Labute approximate surface area is 172 Å². The Bertz CT molecular complexity index is 1050. The summed E-state index contributed by atoms with van der Waals surface area (Å²) in [6, 6.07) is 9.17. The van der Waals surface area contributed by atoms with Crippen LogP contribution < -0.4 is 11.1 Å². The van der Waals surface area contributed by atoms with Crippen molar-refractivity contribution in [2.45, 2.75) is 24.2 Å². The minimum atomic E-state index is -3.97. The molecule has 1 saturated heterocycles. The summed E-state index contributed by atoms with van der Waals surface area (Å²) in [5.41, 5.74) is 6.44. The third-order valence-corrected chi connectivity index (χ3v) is 6.85. The van der Waals surface area contributed by atoms with E-state index >= 15 is 0 Å². The number of amides is 2. The van der Waals surface area contributed by atoms with Crippen LogP contribution in [0.1, 0.15) is 18.4 Å². The summed E-state index contributed by atoms with van der Waals surface area (Å²) in [5.74, 6) is -3.41. The van der Waals surface area contributed by atoms with E-state index in [2.05, 4.69) is 5.32 Å². The molecular formula is C20H21F2N3O4S. The normalized spacial score (nSPS) is 15.7. The number of nitrogens with one attached hydrogen (secondary N) is 1. The lowest BCUT2D eigenvalue weighted by Crippen LogP contribution is -2.41. The summed E-state index contributed by atoms with van der Waals surface area (Å²) < 4.78 is 52.9. The van der Waals surface area contributed by atoms with E-state index in [0.29, 0.717) is 24.6 Å². The first-order valence-electron chi connectivity index (χ1n) is 9.30. The van der Waals surface area contributed by atoms with Crippen molar-refractivity contribution < 1.29 is 26.8 Å². The van der Waals surface area contributed by atoms with Gasteiger partial charge in [0.05, 0.1) is 11.3 Å². The maximum Gasteiger partial charge on any atom is 0.243 e. The van der Waals surface area contributed by atoms with Crippen molar-refractivity contribution in [2.24, 2.45) is 11.7 Å². The molecule has 1 aliphatic rings. The number of carbonyl (C=O) groups is 2. The number of carbonyl (C=O) groups excluding carboxylic acids is 2. The number of primary amides is 1. The van der Waals surface area contributed by atoms with Crippen LogP contribution in [0.2, 0.25) is 0 Å². The number of piperidine rings is 1. The van der Waals surface area contributed by atoms with Gasteiger partial charge in [0.2, 0.25) is 21.8 Å². The highest BCUT2D eigenvalue weighted by molar-refractivity contribution is 7.89. The van der Waals surface area contributed by atoms with Crippen LogP contribution >= 0.6 is 0 Å². The standard InChI is InChI=1S/C20H21F2N3O4S/c21-17-6-5-16(12-18(17)22)30(28,29)25-9-7-14(8-10-25)20(27)24-15-3-1-13(2-4-15)11-19(23)26/h1-6,12,14H,7-11H2,(H2,23,26)(H,24,27). The molecule has 1 aliphatic heterocycles. The molecule has 0 atom stereocenters. The molecule has 7 nitrogen and oxygen atoms in total. The van der Waals surface area contributed by atoms with Crippen molar-refractivity contribution in [2.75, 3.05) is 18.4 Å². The highest BCUT2D eigenvalue weighted by Crippen LogP contribution is 2.26. The van der Waals surface area contributed by atoms with Gasteiger partial charge in [0.15, 0.2) is 11.6 Å². The highest BCUT2D eigenvalue weighted by atomic mass is 32.2. The molecule has 0 spiro atoms. The van der Waals surface area contributed by atoms with Gasteiger partial charge in [-0.25, -0.2) is 17.2 Å². The first-order chi connectivity index (χ1) is 14.2. The lowest BCUT2D eigenvalue weighted by Gasteiger charge is -2.30. The molecule has 0 saturated carbocycles. The summed E-state index contributed by atoms with van der Waals surface area (Å²) in [5, 5.41) is 2.78. The molecule has 30 heavy (non-hydrogen) atoms. The van der Waals surface area contributed by atoms with E-state index < -0.39 is 27.6 Å². The van der Waals surface area contributed by atoms with Crippen LogP contribution in [0.25, 0.3) is 0 Å². The number of nitrogens with two attached hydrogens (primary N) is 1.